The Hall–Kier alpha value is -3.64. The molecule has 0 saturated carbocycles. The van der Waals surface area contributed by atoms with Crippen molar-refractivity contribution in [3.05, 3.63) is 68.5 Å². The number of H-pyrrole nitrogens is 1. The Labute approximate surface area is 251 Å². The fourth-order valence-electron chi connectivity index (χ4n) is 5.53. The summed E-state index contributed by atoms with van der Waals surface area (Å²) in [5.41, 5.74) is -0.108. The van der Waals surface area contributed by atoms with Crippen molar-refractivity contribution in [2.75, 3.05) is 26.2 Å². The van der Waals surface area contributed by atoms with Gasteiger partial charge in [0.15, 0.2) is 0 Å². The van der Waals surface area contributed by atoms with E-state index in [4.69, 9.17) is 18.9 Å². The highest BCUT2D eigenvalue weighted by molar-refractivity contribution is 5.69. The first-order valence-corrected chi connectivity index (χ1v) is 15.0. The van der Waals surface area contributed by atoms with Gasteiger partial charge in [-0.25, -0.2) is 14.4 Å². The molecule has 12 heteroatoms. The molecule has 0 radical (unpaired) electrons. The quantitative estimate of drug-likeness (QED) is 0.402. The van der Waals surface area contributed by atoms with Crippen LogP contribution in [0, 0.1) is 6.92 Å². The predicted molar refractivity (Wildman–Crippen MR) is 159 cm³/mol. The van der Waals surface area contributed by atoms with E-state index in [9.17, 15) is 19.2 Å². The highest BCUT2D eigenvalue weighted by Crippen LogP contribution is 2.32. The Morgan fingerprint density at radius 1 is 1.16 bits per heavy atom. The van der Waals surface area contributed by atoms with Crippen molar-refractivity contribution >= 4 is 12.2 Å². The van der Waals surface area contributed by atoms with E-state index < -0.39 is 41.4 Å². The van der Waals surface area contributed by atoms with Gasteiger partial charge in [-0.05, 0) is 52.5 Å². The number of carbonyl (C=O) groups excluding carboxylic acids is 2. The highest BCUT2D eigenvalue weighted by Gasteiger charge is 2.39. The van der Waals surface area contributed by atoms with Gasteiger partial charge < -0.3 is 23.8 Å². The maximum absolute atomic E-state index is 12.8. The van der Waals surface area contributed by atoms with Gasteiger partial charge >= 0.3 is 17.9 Å². The summed E-state index contributed by atoms with van der Waals surface area (Å²) < 4.78 is 24.1. The molecule has 1 amide bonds. The van der Waals surface area contributed by atoms with Crippen molar-refractivity contribution in [3.63, 3.8) is 0 Å². The third kappa shape index (κ3) is 8.93. The number of nitrogens with one attached hydrogen (secondary N) is 1. The number of likely N-dealkylation sites (tertiary alicyclic amines) is 1. The van der Waals surface area contributed by atoms with Crippen LogP contribution in [0.1, 0.15) is 70.7 Å². The van der Waals surface area contributed by atoms with Crippen LogP contribution in [0.2, 0.25) is 0 Å². The summed E-state index contributed by atoms with van der Waals surface area (Å²) in [7, 11) is 0. The van der Waals surface area contributed by atoms with Gasteiger partial charge in [-0.1, -0.05) is 37.3 Å². The van der Waals surface area contributed by atoms with E-state index >= 15 is 0 Å². The van der Waals surface area contributed by atoms with Crippen LogP contribution in [0.4, 0.5) is 9.59 Å². The van der Waals surface area contributed by atoms with Crippen molar-refractivity contribution in [3.8, 4) is 0 Å². The Morgan fingerprint density at radius 2 is 1.91 bits per heavy atom. The number of aromatic nitrogens is 2. The minimum atomic E-state index is -0.811. The van der Waals surface area contributed by atoms with E-state index in [0.29, 0.717) is 38.2 Å². The molecule has 0 bridgehead atoms. The number of hydrogen-bond donors (Lipinski definition) is 1. The summed E-state index contributed by atoms with van der Waals surface area (Å²) >= 11 is 0. The third-order valence-electron chi connectivity index (χ3n) is 7.64. The average Bonchev–Trinajstić information content (AvgIpc) is 3.57. The number of ether oxygens (including phenoxy) is 4. The molecule has 1 aromatic heterocycles. The Bertz CT molecular complexity index is 1350. The van der Waals surface area contributed by atoms with Crippen LogP contribution in [0.15, 0.2) is 46.1 Å². The lowest BCUT2D eigenvalue weighted by Gasteiger charge is -2.32. The zero-order valence-corrected chi connectivity index (χ0v) is 25.7. The van der Waals surface area contributed by atoms with Crippen molar-refractivity contribution in [2.24, 2.45) is 0 Å². The smallest absolute Gasteiger partial charge is 0.444 e. The zero-order valence-electron chi connectivity index (χ0n) is 25.7. The number of aryl methyl sites for hydroxylation is 1. The van der Waals surface area contributed by atoms with E-state index in [2.05, 4.69) is 9.88 Å². The average molecular weight is 601 g/mol. The van der Waals surface area contributed by atoms with Gasteiger partial charge in [0.1, 0.15) is 24.5 Å². The second-order valence-corrected chi connectivity index (χ2v) is 12.2. The SMILES string of the molecule is CC[C@H]1O[C@@H](n2cc(C)c(=O)[nH]c2=O)CC1OC(=O)OCCN(Cc1ccccc1)C[C@@H]1CCCN1C(=O)OC(C)(C)C. The lowest BCUT2D eigenvalue weighted by molar-refractivity contribution is -0.0384. The number of rotatable bonds is 10. The first-order valence-electron chi connectivity index (χ1n) is 15.0. The summed E-state index contributed by atoms with van der Waals surface area (Å²) in [5, 5.41) is 0. The van der Waals surface area contributed by atoms with E-state index in [1.807, 2.05) is 58.0 Å². The minimum Gasteiger partial charge on any atom is -0.444 e. The third-order valence-corrected chi connectivity index (χ3v) is 7.64. The molecule has 236 valence electrons. The largest absolute Gasteiger partial charge is 0.508 e. The molecule has 0 spiro atoms. The molecule has 1 unspecified atom stereocenters. The molecule has 4 atom stereocenters. The molecule has 2 aromatic rings. The number of hydrogen-bond acceptors (Lipinski definition) is 9. The molecule has 12 nitrogen and oxygen atoms in total. The molecule has 3 heterocycles. The van der Waals surface area contributed by atoms with Crippen LogP contribution in [0.25, 0.3) is 0 Å². The van der Waals surface area contributed by atoms with E-state index in [1.165, 1.54) is 10.8 Å². The van der Waals surface area contributed by atoms with Crippen molar-refractivity contribution in [2.45, 2.75) is 96.9 Å². The highest BCUT2D eigenvalue weighted by atomic mass is 16.7. The van der Waals surface area contributed by atoms with Crippen LogP contribution in [0.3, 0.4) is 0 Å². The second kappa shape index (κ2) is 14.2. The van der Waals surface area contributed by atoms with Crippen molar-refractivity contribution in [1.29, 1.82) is 0 Å². The van der Waals surface area contributed by atoms with Gasteiger partial charge in [0.05, 0.1) is 6.10 Å². The molecule has 2 aliphatic heterocycles. The normalized spacial score (nSPS) is 22.1. The maximum Gasteiger partial charge on any atom is 0.508 e. The monoisotopic (exact) mass is 600 g/mol. The lowest BCUT2D eigenvalue weighted by atomic mass is 10.1. The molecule has 4 rings (SSSR count). The van der Waals surface area contributed by atoms with Gasteiger partial charge in [-0.2, -0.15) is 0 Å². The molecular formula is C31H44N4O8. The number of carbonyl (C=O) groups is 2. The fourth-order valence-corrected chi connectivity index (χ4v) is 5.53. The molecule has 2 saturated heterocycles. The van der Waals surface area contributed by atoms with Gasteiger partial charge in [0.25, 0.3) is 5.56 Å². The topological polar surface area (TPSA) is 132 Å². The fraction of sp³-hybridized carbons (Fsp3) is 0.613. The molecule has 43 heavy (non-hydrogen) atoms. The summed E-state index contributed by atoms with van der Waals surface area (Å²) in [4.78, 5) is 55.9. The van der Waals surface area contributed by atoms with E-state index in [0.717, 1.165) is 18.4 Å². The van der Waals surface area contributed by atoms with Gasteiger partial charge in [-0.15, -0.1) is 0 Å². The van der Waals surface area contributed by atoms with Crippen LogP contribution < -0.4 is 11.2 Å². The first kappa shape index (κ1) is 32.3. The number of benzene rings is 1. The number of aromatic amines is 1. The first-order chi connectivity index (χ1) is 20.4. The Kier molecular flexibility index (Phi) is 10.7. The standard InChI is InChI=1S/C31H44N4O8/c1-6-24-25(17-26(41-24)35-18-21(2)27(36)32-28(35)37)42-30(39)40-16-15-33(19-22-11-8-7-9-12-22)20-23-13-10-14-34(23)29(38)43-31(3,4)5/h7-9,11-12,18,23-26H,6,10,13-17,19-20H2,1-5H3,(H,32,36,37)/t23-,24+,25?,26+/m0/s1. The number of nitrogens with zero attached hydrogens (tertiary/aromatic N) is 3. The van der Waals surface area contributed by atoms with E-state index in [-0.39, 0.29) is 25.2 Å². The van der Waals surface area contributed by atoms with E-state index in [1.54, 1.807) is 11.8 Å². The van der Waals surface area contributed by atoms with Crippen LogP contribution in [0.5, 0.6) is 0 Å². The molecule has 2 fully saturated rings. The second-order valence-electron chi connectivity index (χ2n) is 12.2. The maximum atomic E-state index is 12.8. The lowest BCUT2D eigenvalue weighted by Crippen LogP contribution is -2.45. The molecule has 1 N–H and O–H groups in total. The van der Waals surface area contributed by atoms with Crippen molar-refractivity contribution in [1.82, 2.24) is 19.4 Å². The summed E-state index contributed by atoms with van der Waals surface area (Å²) in [6, 6.07) is 9.99. The summed E-state index contributed by atoms with van der Waals surface area (Å²) in [5.74, 6) is 0. The number of amides is 1. The minimum absolute atomic E-state index is 0.0108. The summed E-state index contributed by atoms with van der Waals surface area (Å²) in [6.45, 7) is 11.5. The van der Waals surface area contributed by atoms with Crippen molar-refractivity contribution < 1.29 is 28.5 Å². The Morgan fingerprint density at radius 3 is 2.60 bits per heavy atom. The van der Waals surface area contributed by atoms with Gasteiger partial charge in [0, 0.05) is 50.4 Å². The van der Waals surface area contributed by atoms with Crippen LogP contribution in [-0.4, -0.2) is 81.7 Å². The molecule has 2 aliphatic rings. The Balaban J connectivity index is 1.34. The summed E-state index contributed by atoms with van der Waals surface area (Å²) in [6.07, 6.45) is 1.21. The van der Waals surface area contributed by atoms with Crippen LogP contribution in [-0.2, 0) is 25.5 Å². The molecule has 0 aliphatic carbocycles. The molecule has 1 aromatic carbocycles. The zero-order chi connectivity index (χ0) is 31.1. The van der Waals surface area contributed by atoms with Crippen LogP contribution >= 0.6 is 0 Å². The van der Waals surface area contributed by atoms with Gasteiger partial charge in [-0.3, -0.25) is 19.2 Å². The predicted octanol–water partition coefficient (Wildman–Crippen LogP) is 3.97. The van der Waals surface area contributed by atoms with Gasteiger partial charge in [0.2, 0.25) is 0 Å². The molecular weight excluding hydrogens is 556 g/mol.